The first-order valence-corrected chi connectivity index (χ1v) is 9.46. The van der Waals surface area contributed by atoms with Crippen LogP contribution in [0.3, 0.4) is 0 Å². The van der Waals surface area contributed by atoms with Crippen LogP contribution in [0, 0.1) is 5.41 Å². The second-order valence-electron chi connectivity index (χ2n) is 8.65. The van der Waals surface area contributed by atoms with Gasteiger partial charge < -0.3 is 5.11 Å². The Morgan fingerprint density at radius 3 is 2.30 bits per heavy atom. The molecule has 0 spiro atoms. The van der Waals surface area contributed by atoms with Crippen molar-refractivity contribution in [1.82, 2.24) is 0 Å². The van der Waals surface area contributed by atoms with Gasteiger partial charge >= 0.3 is 0 Å². The highest BCUT2D eigenvalue weighted by Gasteiger charge is 2.19. The summed E-state index contributed by atoms with van der Waals surface area (Å²) < 4.78 is 0. The van der Waals surface area contributed by atoms with E-state index in [-0.39, 0.29) is 0 Å². The lowest BCUT2D eigenvalue weighted by atomic mass is 9.81. The van der Waals surface area contributed by atoms with Gasteiger partial charge in [0.2, 0.25) is 0 Å². The van der Waals surface area contributed by atoms with Crippen molar-refractivity contribution in [2.24, 2.45) is 5.41 Å². The van der Waals surface area contributed by atoms with Crippen molar-refractivity contribution in [3.8, 4) is 0 Å². The lowest BCUT2D eigenvalue weighted by Gasteiger charge is -2.26. The molecule has 0 radical (unpaired) electrons. The molecule has 0 heterocycles. The van der Waals surface area contributed by atoms with E-state index in [1.807, 2.05) is 13.8 Å². The number of allylic oxidation sites excluding steroid dienone is 5. The van der Waals surface area contributed by atoms with Crippen LogP contribution in [-0.2, 0) is 0 Å². The maximum Gasteiger partial charge on any atom is 0.0591 e. The van der Waals surface area contributed by atoms with E-state index in [0.717, 1.165) is 19.3 Å². The zero-order valence-corrected chi connectivity index (χ0v) is 16.0. The van der Waals surface area contributed by atoms with Gasteiger partial charge in [-0.05, 0) is 82.6 Å². The van der Waals surface area contributed by atoms with Crippen molar-refractivity contribution >= 4 is 0 Å². The molecule has 0 atom stereocenters. The summed E-state index contributed by atoms with van der Waals surface area (Å²) in [5, 5.41) is 9.79. The number of aliphatic hydroxyl groups is 1. The third-order valence-corrected chi connectivity index (χ3v) is 4.93. The Hall–Kier alpha value is -0.820. The normalized spacial score (nSPS) is 19.0. The predicted molar refractivity (Wildman–Crippen MR) is 103 cm³/mol. The van der Waals surface area contributed by atoms with Crippen LogP contribution in [0.5, 0.6) is 0 Å². The third kappa shape index (κ3) is 9.81. The molecule has 0 amide bonds. The minimum atomic E-state index is -0.518. The fourth-order valence-electron chi connectivity index (χ4n) is 3.30. The molecule has 1 saturated carbocycles. The van der Waals surface area contributed by atoms with Crippen molar-refractivity contribution in [3.63, 3.8) is 0 Å². The standard InChI is InChI=1S/C22H38O/c1-19-13-9-10-15-20(19)14-8-6-7-11-16-21(2,3)17-12-18-22(4,5)23/h6,8,14,23H,1,7,9-13,15-18H2,2-5H3. The lowest BCUT2D eigenvalue weighted by Crippen LogP contribution is -2.20. The molecule has 1 rings (SSSR count). The number of hydrogen-bond donors (Lipinski definition) is 1. The highest BCUT2D eigenvalue weighted by atomic mass is 16.3. The van der Waals surface area contributed by atoms with Crippen LogP contribution in [-0.4, -0.2) is 10.7 Å². The Kier molecular flexibility index (Phi) is 8.33. The molecule has 1 aliphatic rings. The van der Waals surface area contributed by atoms with Gasteiger partial charge in [-0.2, -0.15) is 0 Å². The summed E-state index contributed by atoms with van der Waals surface area (Å²) in [7, 11) is 0. The molecule has 1 N–H and O–H groups in total. The fourth-order valence-corrected chi connectivity index (χ4v) is 3.30. The quantitative estimate of drug-likeness (QED) is 0.467. The smallest absolute Gasteiger partial charge is 0.0591 e. The van der Waals surface area contributed by atoms with Crippen LogP contribution in [0.4, 0.5) is 0 Å². The van der Waals surface area contributed by atoms with Gasteiger partial charge in [0, 0.05) is 0 Å². The van der Waals surface area contributed by atoms with Crippen molar-refractivity contribution < 1.29 is 5.11 Å². The molecule has 1 heteroatoms. The predicted octanol–water partition coefficient (Wildman–Crippen LogP) is 6.74. The Morgan fingerprint density at radius 1 is 1.00 bits per heavy atom. The van der Waals surface area contributed by atoms with Crippen LogP contribution in [0.15, 0.2) is 36.0 Å². The Labute approximate surface area is 144 Å². The summed E-state index contributed by atoms with van der Waals surface area (Å²) >= 11 is 0. The summed E-state index contributed by atoms with van der Waals surface area (Å²) in [5.41, 5.74) is 2.67. The number of hydrogen-bond acceptors (Lipinski definition) is 1. The maximum atomic E-state index is 9.79. The first-order valence-electron chi connectivity index (χ1n) is 9.46. The molecule has 0 bridgehead atoms. The first-order chi connectivity index (χ1) is 10.7. The van der Waals surface area contributed by atoms with Gasteiger partial charge in [-0.1, -0.05) is 50.6 Å². The molecule has 0 aromatic rings. The summed E-state index contributed by atoms with van der Waals surface area (Å²) in [6.45, 7) is 12.7. The molecular weight excluding hydrogens is 280 g/mol. The molecule has 0 aromatic carbocycles. The molecule has 1 fully saturated rings. The highest BCUT2D eigenvalue weighted by Crippen LogP contribution is 2.31. The van der Waals surface area contributed by atoms with Crippen LogP contribution in [0.1, 0.15) is 91.9 Å². The summed E-state index contributed by atoms with van der Waals surface area (Å²) in [6, 6.07) is 0. The molecule has 23 heavy (non-hydrogen) atoms. The van der Waals surface area contributed by atoms with Crippen molar-refractivity contribution in [1.29, 1.82) is 0 Å². The third-order valence-electron chi connectivity index (χ3n) is 4.93. The van der Waals surface area contributed by atoms with E-state index in [1.165, 1.54) is 56.1 Å². The van der Waals surface area contributed by atoms with E-state index in [0.29, 0.717) is 5.41 Å². The van der Waals surface area contributed by atoms with E-state index < -0.39 is 5.60 Å². The first kappa shape index (κ1) is 20.2. The van der Waals surface area contributed by atoms with Gasteiger partial charge in [-0.15, -0.1) is 0 Å². The topological polar surface area (TPSA) is 20.2 Å². The lowest BCUT2D eigenvalue weighted by molar-refractivity contribution is 0.0643. The minimum absolute atomic E-state index is 0.384. The molecule has 0 unspecified atom stereocenters. The molecule has 0 aliphatic heterocycles. The molecule has 0 saturated heterocycles. The van der Waals surface area contributed by atoms with Gasteiger partial charge in [-0.3, -0.25) is 0 Å². The van der Waals surface area contributed by atoms with Crippen LogP contribution >= 0.6 is 0 Å². The van der Waals surface area contributed by atoms with Crippen LogP contribution in [0.25, 0.3) is 0 Å². The maximum absolute atomic E-state index is 9.79. The summed E-state index contributed by atoms with van der Waals surface area (Å²) in [4.78, 5) is 0. The van der Waals surface area contributed by atoms with Gasteiger partial charge in [0.25, 0.3) is 0 Å². The van der Waals surface area contributed by atoms with E-state index >= 15 is 0 Å². The van der Waals surface area contributed by atoms with Gasteiger partial charge in [0.05, 0.1) is 5.60 Å². The Morgan fingerprint density at radius 2 is 1.65 bits per heavy atom. The van der Waals surface area contributed by atoms with Crippen molar-refractivity contribution in [2.45, 2.75) is 97.5 Å². The van der Waals surface area contributed by atoms with Crippen molar-refractivity contribution in [3.05, 3.63) is 36.0 Å². The van der Waals surface area contributed by atoms with Gasteiger partial charge in [0.1, 0.15) is 0 Å². The van der Waals surface area contributed by atoms with E-state index in [2.05, 4.69) is 38.7 Å². The fraction of sp³-hybridized carbons (Fsp3) is 0.727. The van der Waals surface area contributed by atoms with Crippen LogP contribution in [0.2, 0.25) is 0 Å². The minimum Gasteiger partial charge on any atom is -0.390 e. The monoisotopic (exact) mass is 318 g/mol. The average Bonchev–Trinajstić information content (AvgIpc) is 2.42. The SMILES string of the molecule is C=C1CCCCC1=CC=CCCCC(C)(C)CCCC(C)(C)O. The van der Waals surface area contributed by atoms with Crippen LogP contribution < -0.4 is 0 Å². The van der Waals surface area contributed by atoms with Gasteiger partial charge in [-0.25, -0.2) is 0 Å². The molecule has 1 nitrogen and oxygen atoms in total. The zero-order valence-electron chi connectivity index (χ0n) is 16.0. The molecule has 1 aliphatic carbocycles. The van der Waals surface area contributed by atoms with Gasteiger partial charge in [0.15, 0.2) is 0 Å². The highest BCUT2D eigenvalue weighted by molar-refractivity contribution is 5.33. The summed E-state index contributed by atoms with van der Waals surface area (Å²) in [5.74, 6) is 0. The second-order valence-corrected chi connectivity index (χ2v) is 8.65. The average molecular weight is 319 g/mol. The van der Waals surface area contributed by atoms with Crippen molar-refractivity contribution in [2.75, 3.05) is 0 Å². The number of unbranched alkanes of at least 4 members (excludes halogenated alkanes) is 1. The second kappa shape index (κ2) is 9.47. The van der Waals surface area contributed by atoms with E-state index in [4.69, 9.17) is 0 Å². The largest absolute Gasteiger partial charge is 0.390 e. The molecular formula is C22H38O. The Balaban J connectivity index is 2.21. The summed E-state index contributed by atoms with van der Waals surface area (Å²) in [6.07, 6.45) is 18.7. The molecule has 0 aromatic heterocycles. The van der Waals surface area contributed by atoms with E-state index in [1.54, 1.807) is 0 Å². The van der Waals surface area contributed by atoms with E-state index in [9.17, 15) is 5.11 Å². The Bertz CT molecular complexity index is 418. The zero-order chi connectivity index (χ0) is 17.3. The number of rotatable bonds is 9. The molecule has 132 valence electrons.